The Bertz CT molecular complexity index is 1060. The average Bonchev–Trinajstić information content (AvgIpc) is 3.34. The maximum absolute atomic E-state index is 13.1. The maximum Gasteiger partial charge on any atom is 0.251 e. The third-order valence-corrected chi connectivity index (χ3v) is 8.60. The van der Waals surface area contributed by atoms with Gasteiger partial charge in [0, 0.05) is 50.4 Å². The molecule has 9 nitrogen and oxygen atoms in total. The molecule has 0 spiro atoms. The van der Waals surface area contributed by atoms with E-state index in [2.05, 4.69) is 28.1 Å². The first-order chi connectivity index (χ1) is 17.4. The molecule has 1 saturated carbocycles. The lowest BCUT2D eigenvalue weighted by Crippen LogP contribution is -2.62. The molecule has 36 heavy (non-hydrogen) atoms. The van der Waals surface area contributed by atoms with E-state index in [1.807, 2.05) is 18.2 Å². The summed E-state index contributed by atoms with van der Waals surface area (Å²) in [5.74, 6) is 0.246. The standard InChI is InChI=1S/C27H38N6O3/c1-3-4-19-13-31(14-22(29)27(36)33-20(12-28)10-18-11-24(18)33)15-25(34)32(19)23-8-6-16-9-17(26(35)30-2)5-7-21(16)23/h5,7,9,18-20,22-25,34H,3-4,6,8,10-11,13-15,29H2,1-2H3,(H,30,35)/t18?,19-,20?,22?,23?,24?,25?/m0/s1. The summed E-state index contributed by atoms with van der Waals surface area (Å²) in [6, 6.07) is 7.55. The molecular formula is C27H38N6O3. The molecule has 9 heteroatoms. The molecule has 5 rings (SSSR count). The third kappa shape index (κ3) is 4.52. The normalized spacial score (nSPS) is 32.5. The number of β-amino-alcohol motifs (C(OH)–C–C–N with tert-alkyl or cyclic N) is 1. The second kappa shape index (κ2) is 10.1. The van der Waals surface area contributed by atoms with Crippen LogP contribution < -0.4 is 11.1 Å². The number of rotatable bonds is 7. The molecule has 4 aliphatic rings. The van der Waals surface area contributed by atoms with E-state index in [9.17, 15) is 20.0 Å². The molecule has 0 radical (unpaired) electrons. The van der Waals surface area contributed by atoms with E-state index in [1.165, 1.54) is 11.1 Å². The number of likely N-dealkylation sites (tertiary alicyclic amines) is 1. The summed E-state index contributed by atoms with van der Waals surface area (Å²) in [6.07, 6.45) is 4.80. The summed E-state index contributed by atoms with van der Waals surface area (Å²) in [6.45, 7) is 3.70. The number of aliphatic hydroxyl groups is 1. The van der Waals surface area contributed by atoms with Gasteiger partial charge in [-0.25, -0.2) is 0 Å². The van der Waals surface area contributed by atoms with Crippen LogP contribution in [0.15, 0.2) is 18.2 Å². The molecule has 6 unspecified atom stereocenters. The number of aryl methyl sites for hydroxylation is 1. The molecular weight excluding hydrogens is 456 g/mol. The quantitative estimate of drug-likeness (QED) is 0.516. The molecule has 2 saturated heterocycles. The smallest absolute Gasteiger partial charge is 0.251 e. The van der Waals surface area contributed by atoms with Crippen molar-refractivity contribution in [3.63, 3.8) is 0 Å². The SMILES string of the molecule is CCC[C@H]1CN(CC(N)C(=O)N2C(C#N)CC3CC32)CC(O)N1C1CCc2cc(C(=O)NC)ccc21. The lowest BCUT2D eigenvalue weighted by atomic mass is 9.98. The van der Waals surface area contributed by atoms with Crippen LogP contribution in [0.2, 0.25) is 0 Å². The van der Waals surface area contributed by atoms with Crippen molar-refractivity contribution < 1.29 is 14.7 Å². The Morgan fingerprint density at radius 1 is 1.31 bits per heavy atom. The van der Waals surface area contributed by atoms with Crippen LogP contribution in [0.3, 0.4) is 0 Å². The second-order valence-electron chi connectivity index (χ2n) is 10.9. The highest BCUT2D eigenvalue weighted by atomic mass is 16.3. The minimum Gasteiger partial charge on any atom is -0.377 e. The van der Waals surface area contributed by atoms with Crippen molar-refractivity contribution in [1.29, 1.82) is 5.26 Å². The van der Waals surface area contributed by atoms with Crippen LogP contribution in [-0.2, 0) is 11.2 Å². The summed E-state index contributed by atoms with van der Waals surface area (Å²) >= 11 is 0. The predicted molar refractivity (Wildman–Crippen MR) is 135 cm³/mol. The number of carbonyl (C=O) groups excluding carboxylic acids is 2. The highest BCUT2D eigenvalue weighted by molar-refractivity contribution is 5.94. The Hall–Kier alpha value is -2.51. The van der Waals surface area contributed by atoms with Crippen molar-refractivity contribution in [2.24, 2.45) is 11.7 Å². The number of nitrogens with zero attached hydrogens (tertiary/aromatic N) is 4. The number of hydrogen-bond acceptors (Lipinski definition) is 7. The first-order valence-electron chi connectivity index (χ1n) is 13.4. The van der Waals surface area contributed by atoms with Crippen LogP contribution in [0, 0.1) is 17.2 Å². The number of piperazine rings is 1. The number of benzene rings is 1. The van der Waals surface area contributed by atoms with Crippen molar-refractivity contribution in [1.82, 2.24) is 20.0 Å². The Labute approximate surface area is 213 Å². The van der Waals surface area contributed by atoms with Crippen molar-refractivity contribution in [2.75, 3.05) is 26.7 Å². The van der Waals surface area contributed by atoms with Crippen molar-refractivity contribution in [3.05, 3.63) is 34.9 Å². The molecule has 2 aliphatic heterocycles. The molecule has 2 amide bonds. The van der Waals surface area contributed by atoms with Crippen LogP contribution in [0.25, 0.3) is 0 Å². The maximum atomic E-state index is 13.1. The number of piperidine rings is 1. The van der Waals surface area contributed by atoms with Crippen molar-refractivity contribution in [3.8, 4) is 6.07 Å². The third-order valence-electron chi connectivity index (χ3n) is 8.60. The highest BCUT2D eigenvalue weighted by Gasteiger charge is 2.55. The summed E-state index contributed by atoms with van der Waals surface area (Å²) in [5, 5.41) is 23.5. The molecule has 4 N–H and O–H groups in total. The lowest BCUT2D eigenvalue weighted by molar-refractivity contribution is -0.137. The summed E-state index contributed by atoms with van der Waals surface area (Å²) in [5.41, 5.74) is 9.43. The molecule has 1 aromatic rings. The molecule has 0 bridgehead atoms. The monoisotopic (exact) mass is 494 g/mol. The van der Waals surface area contributed by atoms with Gasteiger partial charge in [-0.3, -0.25) is 19.4 Å². The van der Waals surface area contributed by atoms with Gasteiger partial charge in [0.15, 0.2) is 0 Å². The van der Waals surface area contributed by atoms with E-state index in [1.54, 1.807) is 11.9 Å². The minimum absolute atomic E-state index is 0.0862. The van der Waals surface area contributed by atoms with Gasteiger partial charge in [0.05, 0.1) is 12.1 Å². The Balaban J connectivity index is 1.27. The van der Waals surface area contributed by atoms with Gasteiger partial charge < -0.3 is 21.1 Å². The van der Waals surface area contributed by atoms with Crippen LogP contribution in [0.1, 0.15) is 66.6 Å². The van der Waals surface area contributed by atoms with Gasteiger partial charge >= 0.3 is 0 Å². The van der Waals surface area contributed by atoms with E-state index in [-0.39, 0.29) is 36.0 Å². The van der Waals surface area contributed by atoms with Crippen molar-refractivity contribution in [2.45, 2.75) is 81.9 Å². The number of hydrogen-bond donors (Lipinski definition) is 3. The Morgan fingerprint density at radius 3 is 2.83 bits per heavy atom. The molecule has 1 aromatic carbocycles. The van der Waals surface area contributed by atoms with E-state index >= 15 is 0 Å². The first-order valence-corrected chi connectivity index (χ1v) is 13.4. The fourth-order valence-corrected chi connectivity index (χ4v) is 6.85. The number of nitriles is 1. The number of aliphatic hydroxyl groups excluding tert-OH is 1. The molecule has 3 fully saturated rings. The van der Waals surface area contributed by atoms with Crippen LogP contribution in [0.4, 0.5) is 0 Å². The van der Waals surface area contributed by atoms with E-state index in [4.69, 9.17) is 5.73 Å². The largest absolute Gasteiger partial charge is 0.377 e. The fraction of sp³-hybridized carbons (Fsp3) is 0.667. The van der Waals surface area contributed by atoms with E-state index in [0.29, 0.717) is 24.6 Å². The van der Waals surface area contributed by atoms with Gasteiger partial charge in [0.25, 0.3) is 5.91 Å². The number of nitrogens with one attached hydrogen (secondary N) is 1. The van der Waals surface area contributed by atoms with Gasteiger partial charge in [-0.05, 0) is 61.3 Å². The first kappa shape index (κ1) is 25.2. The number of carbonyl (C=O) groups is 2. The molecule has 7 atom stereocenters. The average molecular weight is 495 g/mol. The Morgan fingerprint density at radius 2 is 2.11 bits per heavy atom. The number of fused-ring (bicyclic) bond motifs is 2. The summed E-state index contributed by atoms with van der Waals surface area (Å²) < 4.78 is 0. The van der Waals surface area contributed by atoms with E-state index < -0.39 is 12.3 Å². The molecule has 2 heterocycles. The zero-order chi connectivity index (χ0) is 25.6. The van der Waals surface area contributed by atoms with Gasteiger partial charge in [-0.15, -0.1) is 0 Å². The van der Waals surface area contributed by atoms with Crippen LogP contribution >= 0.6 is 0 Å². The fourth-order valence-electron chi connectivity index (χ4n) is 6.85. The summed E-state index contributed by atoms with van der Waals surface area (Å²) in [4.78, 5) is 31.3. The zero-order valence-electron chi connectivity index (χ0n) is 21.3. The van der Waals surface area contributed by atoms with Crippen molar-refractivity contribution >= 4 is 11.8 Å². The van der Waals surface area contributed by atoms with Gasteiger partial charge in [0.2, 0.25) is 5.91 Å². The second-order valence-corrected chi connectivity index (χ2v) is 10.9. The van der Waals surface area contributed by atoms with Crippen LogP contribution in [0.5, 0.6) is 0 Å². The predicted octanol–water partition coefficient (Wildman–Crippen LogP) is 0.978. The van der Waals surface area contributed by atoms with Gasteiger partial charge in [-0.1, -0.05) is 19.4 Å². The molecule has 194 valence electrons. The lowest BCUT2D eigenvalue weighted by Gasteiger charge is -2.48. The zero-order valence-corrected chi connectivity index (χ0v) is 21.3. The molecule has 0 aromatic heterocycles. The number of amides is 2. The minimum atomic E-state index is -0.698. The topological polar surface area (TPSA) is 126 Å². The molecule has 2 aliphatic carbocycles. The Kier molecular flexibility index (Phi) is 7.05. The number of nitrogens with two attached hydrogens (primary N) is 1. The van der Waals surface area contributed by atoms with Gasteiger partial charge in [0.1, 0.15) is 12.3 Å². The summed E-state index contributed by atoms with van der Waals surface area (Å²) in [7, 11) is 1.64. The van der Waals surface area contributed by atoms with Crippen LogP contribution in [-0.4, -0.2) is 88.7 Å². The van der Waals surface area contributed by atoms with Gasteiger partial charge in [-0.2, -0.15) is 5.26 Å². The highest BCUT2D eigenvalue weighted by Crippen LogP contribution is 2.48. The van der Waals surface area contributed by atoms with E-state index in [0.717, 1.165) is 45.1 Å².